The fraction of sp³-hybridized carbons (Fsp3) is 0.0303. The Morgan fingerprint density at radius 1 is 0.500 bits per heavy atom. The molecule has 7 rings (SSSR count). The summed E-state index contributed by atoms with van der Waals surface area (Å²) in [5.41, 5.74) is 4.20. The topological polar surface area (TPSA) is 0 Å². The smallest absolute Gasteiger partial charge is 0.0623 e. The van der Waals surface area contributed by atoms with Crippen molar-refractivity contribution in [2.45, 2.75) is 6.92 Å². The number of fused-ring (bicyclic) bond motifs is 7. The summed E-state index contributed by atoms with van der Waals surface area (Å²) in [6, 6.07) is 47.7. The van der Waals surface area contributed by atoms with Gasteiger partial charge in [-0.15, -0.1) is 0 Å². The first-order valence-corrected chi connectivity index (χ1v) is 14.0. The molecule has 0 atom stereocenters. The number of hydrogen-bond donors (Lipinski definition) is 0. The molecule has 0 N–H and O–H groups in total. The van der Waals surface area contributed by atoms with Crippen LogP contribution in [0, 0.1) is 6.92 Å². The lowest BCUT2D eigenvalue weighted by Crippen LogP contribution is -2.73. The number of hydrogen-bond acceptors (Lipinski definition) is 0. The summed E-state index contributed by atoms with van der Waals surface area (Å²) >= 11 is 0. The molecule has 0 fully saturated rings. The first kappa shape index (κ1) is 19.5. The highest BCUT2D eigenvalue weighted by molar-refractivity contribution is 7.23. The van der Waals surface area contributed by atoms with E-state index >= 15 is 0 Å². The van der Waals surface area contributed by atoms with Gasteiger partial charge in [0.2, 0.25) is 0 Å². The Kier molecular flexibility index (Phi) is 4.18. The first-order valence-electron chi connectivity index (χ1n) is 12.0. The molecule has 1 heterocycles. The van der Waals surface area contributed by atoms with Gasteiger partial charge in [0.05, 0.1) is 0 Å². The molecule has 0 saturated carbocycles. The molecule has 0 spiro atoms. The van der Waals surface area contributed by atoms with Crippen LogP contribution < -0.4 is 20.7 Å². The molecule has 6 aromatic carbocycles. The normalized spacial score (nSPS) is 13.7. The van der Waals surface area contributed by atoms with Crippen molar-refractivity contribution in [3.63, 3.8) is 0 Å². The third-order valence-corrected chi connectivity index (χ3v) is 12.5. The highest BCUT2D eigenvalue weighted by atomic mass is 28.3. The highest BCUT2D eigenvalue weighted by Crippen LogP contribution is 2.37. The van der Waals surface area contributed by atoms with E-state index in [4.69, 9.17) is 0 Å². The Labute approximate surface area is 201 Å². The average Bonchev–Trinajstić information content (AvgIpc) is 3.21. The molecule has 0 radical (unpaired) electrons. The van der Waals surface area contributed by atoms with Gasteiger partial charge in [0, 0.05) is 0 Å². The van der Waals surface area contributed by atoms with E-state index in [-0.39, 0.29) is 0 Å². The molecule has 0 aromatic heterocycles. The molecule has 6 aromatic rings. The van der Waals surface area contributed by atoms with Crippen molar-refractivity contribution in [1.82, 2.24) is 0 Å². The van der Waals surface area contributed by atoms with Crippen LogP contribution in [0.4, 0.5) is 0 Å². The SMILES string of the molecule is Cc1cc2c(c3ccccc13)-c1ccc3ccccc3c1[Si]2(c1ccccc1)c1ccccc1. The van der Waals surface area contributed by atoms with E-state index in [1.54, 1.807) is 0 Å². The summed E-state index contributed by atoms with van der Waals surface area (Å²) in [7, 11) is -2.54. The molecule has 34 heavy (non-hydrogen) atoms. The predicted molar refractivity (Wildman–Crippen MR) is 149 cm³/mol. The van der Waals surface area contributed by atoms with E-state index in [9.17, 15) is 0 Å². The molecule has 0 nitrogen and oxygen atoms in total. The zero-order valence-corrected chi connectivity index (χ0v) is 20.1. The molecule has 0 amide bonds. The molecule has 0 saturated heterocycles. The first-order chi connectivity index (χ1) is 16.8. The van der Waals surface area contributed by atoms with Gasteiger partial charge in [-0.3, -0.25) is 0 Å². The molecule has 1 aliphatic rings. The van der Waals surface area contributed by atoms with Gasteiger partial charge in [0.15, 0.2) is 8.07 Å². The number of benzene rings is 6. The van der Waals surface area contributed by atoms with Crippen molar-refractivity contribution in [3.8, 4) is 11.1 Å². The maximum atomic E-state index is 2.51. The van der Waals surface area contributed by atoms with E-state index in [2.05, 4.69) is 134 Å². The van der Waals surface area contributed by atoms with Crippen LogP contribution in [0.1, 0.15) is 5.56 Å². The predicted octanol–water partition coefficient (Wildman–Crippen LogP) is 5.66. The zero-order valence-electron chi connectivity index (χ0n) is 19.1. The highest BCUT2D eigenvalue weighted by Gasteiger charge is 2.50. The average molecular weight is 449 g/mol. The van der Waals surface area contributed by atoms with Gasteiger partial charge in [0.1, 0.15) is 0 Å². The van der Waals surface area contributed by atoms with Gasteiger partial charge < -0.3 is 0 Å². The standard InChI is InChI=1S/C33H24Si/c1-23-22-31-32(29-19-11-10-17-27(23)29)30-21-20-24-12-8-9-18-28(24)33(30)34(31,25-13-4-2-5-14-25)26-15-6-3-7-16-26/h2-22H,1H3. The summed E-state index contributed by atoms with van der Waals surface area (Å²) in [6.07, 6.45) is 0. The molecule has 0 aliphatic carbocycles. The second kappa shape index (κ2) is 7.28. The second-order valence-corrected chi connectivity index (χ2v) is 13.0. The minimum Gasteiger partial charge on any atom is -0.0623 e. The van der Waals surface area contributed by atoms with Crippen molar-refractivity contribution in [2.24, 2.45) is 0 Å². The van der Waals surface area contributed by atoms with Crippen LogP contribution in [0.25, 0.3) is 32.7 Å². The van der Waals surface area contributed by atoms with Gasteiger partial charge in [-0.05, 0) is 65.9 Å². The lowest BCUT2D eigenvalue weighted by Gasteiger charge is -2.32. The third kappa shape index (κ3) is 2.48. The van der Waals surface area contributed by atoms with Gasteiger partial charge in [-0.25, -0.2) is 0 Å². The maximum absolute atomic E-state index is 2.54. The van der Waals surface area contributed by atoms with Crippen LogP contribution >= 0.6 is 0 Å². The van der Waals surface area contributed by atoms with Crippen molar-refractivity contribution in [3.05, 3.63) is 133 Å². The largest absolute Gasteiger partial charge is 0.181 e. The van der Waals surface area contributed by atoms with Crippen LogP contribution in [0.3, 0.4) is 0 Å². The lowest BCUT2D eigenvalue weighted by atomic mass is 9.94. The molecule has 0 unspecified atom stereocenters. The molecule has 1 heteroatoms. The van der Waals surface area contributed by atoms with E-state index in [1.165, 1.54) is 59.0 Å². The summed E-state index contributed by atoms with van der Waals surface area (Å²) in [5, 5.41) is 11.4. The van der Waals surface area contributed by atoms with Gasteiger partial charge in [-0.2, -0.15) is 0 Å². The lowest BCUT2D eigenvalue weighted by molar-refractivity contribution is 1.55. The maximum Gasteiger partial charge on any atom is 0.181 e. The second-order valence-electron chi connectivity index (χ2n) is 9.35. The zero-order chi connectivity index (χ0) is 22.7. The molecular formula is C33H24Si. The van der Waals surface area contributed by atoms with E-state index in [1.807, 2.05) is 0 Å². The molecule has 1 aliphatic heterocycles. The van der Waals surface area contributed by atoms with E-state index in [0.29, 0.717) is 0 Å². The van der Waals surface area contributed by atoms with Crippen molar-refractivity contribution < 1.29 is 0 Å². The van der Waals surface area contributed by atoms with Gasteiger partial charge >= 0.3 is 0 Å². The quantitative estimate of drug-likeness (QED) is 0.299. The number of rotatable bonds is 2. The number of aryl methyl sites for hydroxylation is 1. The Morgan fingerprint density at radius 2 is 1.06 bits per heavy atom. The van der Waals surface area contributed by atoms with Crippen molar-refractivity contribution in [2.75, 3.05) is 0 Å². The third-order valence-electron chi connectivity index (χ3n) is 7.64. The van der Waals surface area contributed by atoms with Crippen LogP contribution in [0.15, 0.2) is 127 Å². The Bertz CT molecular complexity index is 1660. The van der Waals surface area contributed by atoms with Crippen LogP contribution in [-0.2, 0) is 0 Å². The van der Waals surface area contributed by atoms with Crippen LogP contribution in [0.5, 0.6) is 0 Å². The van der Waals surface area contributed by atoms with E-state index < -0.39 is 8.07 Å². The van der Waals surface area contributed by atoms with Crippen molar-refractivity contribution in [1.29, 1.82) is 0 Å². The monoisotopic (exact) mass is 448 g/mol. The minimum atomic E-state index is -2.54. The molecule has 0 bridgehead atoms. The van der Waals surface area contributed by atoms with E-state index in [0.717, 1.165) is 0 Å². The molecular weight excluding hydrogens is 424 g/mol. The fourth-order valence-electron chi connectivity index (χ4n) is 6.30. The summed E-state index contributed by atoms with van der Waals surface area (Å²) in [5.74, 6) is 0. The van der Waals surface area contributed by atoms with Gasteiger partial charge in [0.25, 0.3) is 0 Å². The summed E-state index contributed by atoms with van der Waals surface area (Å²) in [6.45, 7) is 2.28. The minimum absolute atomic E-state index is 1.32. The van der Waals surface area contributed by atoms with Gasteiger partial charge in [-0.1, -0.05) is 127 Å². The summed E-state index contributed by atoms with van der Waals surface area (Å²) < 4.78 is 0. The Balaban J connectivity index is 1.79. The Morgan fingerprint density at radius 3 is 1.74 bits per heavy atom. The fourth-order valence-corrected chi connectivity index (χ4v) is 11.8. The van der Waals surface area contributed by atoms with Crippen LogP contribution in [0.2, 0.25) is 0 Å². The Hall–Kier alpha value is -3.94. The summed E-state index contributed by atoms with van der Waals surface area (Å²) in [4.78, 5) is 0. The molecule has 160 valence electrons. The van der Waals surface area contributed by atoms with Crippen LogP contribution in [-0.4, -0.2) is 8.07 Å². The van der Waals surface area contributed by atoms with Crippen molar-refractivity contribution >= 4 is 50.4 Å².